The molecule has 2 aromatic heterocycles. The summed E-state index contributed by atoms with van der Waals surface area (Å²) in [7, 11) is 0. The lowest BCUT2D eigenvalue weighted by atomic mass is 10.1. The monoisotopic (exact) mass is 411 g/mol. The molecule has 3 heterocycles. The van der Waals surface area contributed by atoms with Crippen LogP contribution < -0.4 is 16.0 Å². The van der Waals surface area contributed by atoms with Gasteiger partial charge in [-0.3, -0.25) is 9.69 Å². The largest absolute Gasteiger partial charge is 0.423 e. The summed E-state index contributed by atoms with van der Waals surface area (Å²) in [5, 5.41) is 6.55. The van der Waals surface area contributed by atoms with Crippen molar-refractivity contribution in [3.63, 3.8) is 0 Å². The molecule has 10 nitrogen and oxygen atoms in total. The number of cyclic esters (lactones) is 1. The minimum atomic E-state index is -0.768. The van der Waals surface area contributed by atoms with Crippen molar-refractivity contribution in [2.45, 2.75) is 19.6 Å². The number of pyridine rings is 1. The summed E-state index contributed by atoms with van der Waals surface area (Å²) in [5.74, 6) is -0.152. The quantitative estimate of drug-likeness (QED) is 0.656. The molecule has 30 heavy (non-hydrogen) atoms. The summed E-state index contributed by atoms with van der Waals surface area (Å²) in [6.07, 6.45) is 1.79. The van der Waals surface area contributed by atoms with Crippen LogP contribution in [-0.2, 0) is 9.53 Å². The van der Waals surface area contributed by atoms with Gasteiger partial charge in [0.1, 0.15) is 12.1 Å². The highest BCUT2D eigenvalue weighted by atomic mass is 19.1. The van der Waals surface area contributed by atoms with Crippen molar-refractivity contribution >= 4 is 23.6 Å². The highest BCUT2D eigenvalue weighted by Crippen LogP contribution is 2.29. The molecule has 0 spiro atoms. The maximum Gasteiger partial charge on any atom is 0.416 e. The average molecular weight is 411 g/mol. The molecule has 2 amide bonds. The molecule has 1 aliphatic heterocycles. The SMILES string of the molecule is CCC(=O)NC1CN(c2ccc(-c3ccc(-n4cnc(N)n4)nc3)c(F)c2)C(=O)O1. The van der Waals surface area contributed by atoms with Crippen molar-refractivity contribution in [2.75, 3.05) is 17.2 Å². The van der Waals surface area contributed by atoms with Gasteiger partial charge in [0.25, 0.3) is 0 Å². The highest BCUT2D eigenvalue weighted by molar-refractivity contribution is 5.90. The number of carbonyl (C=O) groups is 2. The number of nitrogens with zero attached hydrogens (tertiary/aromatic N) is 5. The summed E-state index contributed by atoms with van der Waals surface area (Å²) < 4.78 is 21.3. The highest BCUT2D eigenvalue weighted by Gasteiger charge is 2.33. The van der Waals surface area contributed by atoms with Crippen LogP contribution in [0, 0.1) is 5.82 Å². The van der Waals surface area contributed by atoms with Gasteiger partial charge < -0.3 is 15.8 Å². The fourth-order valence-electron chi connectivity index (χ4n) is 3.00. The smallest absolute Gasteiger partial charge is 0.416 e. The molecule has 1 aliphatic rings. The van der Waals surface area contributed by atoms with Crippen molar-refractivity contribution in [1.29, 1.82) is 0 Å². The lowest BCUT2D eigenvalue weighted by Crippen LogP contribution is -2.37. The number of ether oxygens (including phenoxy) is 1. The summed E-state index contributed by atoms with van der Waals surface area (Å²) >= 11 is 0. The van der Waals surface area contributed by atoms with Gasteiger partial charge >= 0.3 is 6.09 Å². The Bertz CT molecular complexity index is 1100. The standard InChI is InChI=1S/C19H18FN7O3/c1-2-16(28)24-17-9-26(19(29)30-17)12-4-5-13(14(20)7-12)11-3-6-15(22-8-11)27-10-23-18(21)25-27/h3-8,10,17H,2,9H2,1H3,(H2,21,25)(H,24,28). The van der Waals surface area contributed by atoms with Gasteiger partial charge in [0.2, 0.25) is 11.9 Å². The number of aromatic nitrogens is 4. The number of nitrogens with two attached hydrogens (primary N) is 1. The molecule has 0 bridgehead atoms. The molecule has 1 aromatic carbocycles. The number of hydrogen-bond donors (Lipinski definition) is 2. The van der Waals surface area contributed by atoms with Gasteiger partial charge in [-0.1, -0.05) is 6.92 Å². The fourth-order valence-corrected chi connectivity index (χ4v) is 3.00. The summed E-state index contributed by atoms with van der Waals surface area (Å²) in [6, 6.07) is 7.76. The number of rotatable bonds is 5. The number of benzene rings is 1. The Morgan fingerprint density at radius 1 is 1.33 bits per heavy atom. The molecule has 1 fully saturated rings. The third kappa shape index (κ3) is 3.77. The van der Waals surface area contributed by atoms with Crippen LogP contribution in [0.3, 0.4) is 0 Å². The van der Waals surface area contributed by atoms with E-state index < -0.39 is 18.1 Å². The zero-order valence-corrected chi connectivity index (χ0v) is 15.9. The molecule has 1 atom stereocenters. The van der Waals surface area contributed by atoms with E-state index in [1.165, 1.54) is 28.2 Å². The second kappa shape index (κ2) is 7.78. The molecule has 0 radical (unpaired) electrons. The Kier molecular flexibility index (Phi) is 5.00. The maximum absolute atomic E-state index is 14.8. The summed E-state index contributed by atoms with van der Waals surface area (Å²) in [4.78, 5) is 32.9. The van der Waals surface area contributed by atoms with Crippen molar-refractivity contribution in [3.05, 3.63) is 48.7 Å². The van der Waals surface area contributed by atoms with Gasteiger partial charge in [0.15, 0.2) is 12.0 Å². The van der Waals surface area contributed by atoms with E-state index in [0.717, 1.165) is 0 Å². The van der Waals surface area contributed by atoms with Crippen LogP contribution >= 0.6 is 0 Å². The normalized spacial score (nSPS) is 15.9. The van der Waals surface area contributed by atoms with Crippen molar-refractivity contribution in [1.82, 2.24) is 25.1 Å². The molecular weight excluding hydrogens is 393 g/mol. The molecule has 154 valence electrons. The Balaban J connectivity index is 1.52. The van der Waals surface area contributed by atoms with Gasteiger partial charge in [0, 0.05) is 23.7 Å². The molecule has 4 rings (SSSR count). The van der Waals surface area contributed by atoms with Gasteiger partial charge in [-0.25, -0.2) is 23.8 Å². The first kappa shape index (κ1) is 19.3. The Labute approximate surface area is 170 Å². The predicted molar refractivity (Wildman–Crippen MR) is 105 cm³/mol. The molecule has 0 aliphatic carbocycles. The third-order valence-electron chi connectivity index (χ3n) is 4.52. The Hall–Kier alpha value is -4.02. The summed E-state index contributed by atoms with van der Waals surface area (Å²) in [5.41, 5.74) is 6.69. The van der Waals surface area contributed by atoms with E-state index in [9.17, 15) is 14.0 Å². The van der Waals surface area contributed by atoms with Crippen LogP contribution in [-0.4, -0.2) is 44.5 Å². The number of hydrogen-bond acceptors (Lipinski definition) is 7. The topological polar surface area (TPSA) is 128 Å². The zero-order chi connectivity index (χ0) is 21.3. The molecule has 11 heteroatoms. The minimum absolute atomic E-state index is 0.0979. The number of anilines is 2. The molecule has 3 N–H and O–H groups in total. The Morgan fingerprint density at radius 3 is 2.80 bits per heavy atom. The maximum atomic E-state index is 14.8. The second-order valence-corrected chi connectivity index (χ2v) is 6.52. The van der Waals surface area contributed by atoms with E-state index in [4.69, 9.17) is 10.5 Å². The number of nitrogens with one attached hydrogen (secondary N) is 1. The van der Waals surface area contributed by atoms with Gasteiger partial charge in [-0.15, -0.1) is 5.10 Å². The lowest BCUT2D eigenvalue weighted by Gasteiger charge is -2.14. The van der Waals surface area contributed by atoms with Gasteiger partial charge in [-0.2, -0.15) is 0 Å². The molecule has 0 saturated carbocycles. The van der Waals surface area contributed by atoms with Crippen LogP contribution in [0.25, 0.3) is 16.9 Å². The van der Waals surface area contributed by atoms with E-state index in [0.29, 0.717) is 22.6 Å². The van der Waals surface area contributed by atoms with E-state index in [-0.39, 0.29) is 24.8 Å². The van der Waals surface area contributed by atoms with Gasteiger partial charge in [0.05, 0.1) is 12.2 Å². The van der Waals surface area contributed by atoms with Crippen LogP contribution in [0.2, 0.25) is 0 Å². The van der Waals surface area contributed by atoms with E-state index >= 15 is 0 Å². The third-order valence-corrected chi connectivity index (χ3v) is 4.52. The van der Waals surface area contributed by atoms with Gasteiger partial charge in [-0.05, 0) is 30.3 Å². The average Bonchev–Trinajstić information content (AvgIpc) is 3.33. The first-order valence-electron chi connectivity index (χ1n) is 9.15. The minimum Gasteiger partial charge on any atom is -0.423 e. The summed E-state index contributed by atoms with van der Waals surface area (Å²) in [6.45, 7) is 1.79. The second-order valence-electron chi connectivity index (χ2n) is 6.52. The first-order valence-corrected chi connectivity index (χ1v) is 9.15. The van der Waals surface area contributed by atoms with Crippen LogP contribution in [0.15, 0.2) is 42.9 Å². The van der Waals surface area contributed by atoms with E-state index in [2.05, 4.69) is 20.4 Å². The van der Waals surface area contributed by atoms with Crippen LogP contribution in [0.5, 0.6) is 0 Å². The number of halogens is 1. The molecule has 1 saturated heterocycles. The van der Waals surface area contributed by atoms with E-state index in [1.54, 1.807) is 31.2 Å². The number of amides is 2. The fraction of sp³-hybridized carbons (Fsp3) is 0.211. The number of nitrogen functional groups attached to an aromatic ring is 1. The van der Waals surface area contributed by atoms with Crippen molar-refractivity contribution in [3.8, 4) is 16.9 Å². The van der Waals surface area contributed by atoms with E-state index in [1.807, 2.05) is 0 Å². The van der Waals surface area contributed by atoms with Crippen LogP contribution in [0.1, 0.15) is 13.3 Å². The lowest BCUT2D eigenvalue weighted by molar-refractivity contribution is -0.123. The first-order chi connectivity index (χ1) is 14.4. The predicted octanol–water partition coefficient (Wildman–Crippen LogP) is 1.86. The number of carbonyl (C=O) groups excluding carboxylic acids is 2. The molecule has 1 unspecified atom stereocenters. The van der Waals surface area contributed by atoms with Crippen molar-refractivity contribution in [2.24, 2.45) is 0 Å². The van der Waals surface area contributed by atoms with Crippen molar-refractivity contribution < 1.29 is 18.7 Å². The molecular formula is C19H18FN7O3. The molecule has 3 aromatic rings. The zero-order valence-electron chi connectivity index (χ0n) is 15.9. The Morgan fingerprint density at radius 2 is 2.17 bits per heavy atom. The van der Waals surface area contributed by atoms with Crippen LogP contribution in [0.4, 0.5) is 20.8 Å².